The summed E-state index contributed by atoms with van der Waals surface area (Å²) in [6.07, 6.45) is 7.25. The Balaban J connectivity index is 1.30. The maximum absolute atomic E-state index is 12.6. The summed E-state index contributed by atoms with van der Waals surface area (Å²) in [4.78, 5) is 38.6. The summed E-state index contributed by atoms with van der Waals surface area (Å²) in [6.45, 7) is 0.304. The van der Waals surface area contributed by atoms with Crippen LogP contribution < -0.4 is 10.6 Å². The summed E-state index contributed by atoms with van der Waals surface area (Å²) in [5.74, 6) is -0.119. The van der Waals surface area contributed by atoms with Crippen LogP contribution in [-0.2, 0) is 15.1 Å². The lowest BCUT2D eigenvalue weighted by Crippen LogP contribution is -2.50. The van der Waals surface area contributed by atoms with E-state index in [0.717, 1.165) is 50.5 Å². The summed E-state index contributed by atoms with van der Waals surface area (Å²) < 4.78 is 0. The van der Waals surface area contributed by atoms with Crippen LogP contribution in [0.4, 0.5) is 4.79 Å². The van der Waals surface area contributed by atoms with E-state index < -0.39 is 5.54 Å². The minimum absolute atomic E-state index is 0.0128. The Morgan fingerprint density at radius 1 is 1.04 bits per heavy atom. The maximum atomic E-state index is 12.6. The zero-order valence-corrected chi connectivity index (χ0v) is 15.6. The van der Waals surface area contributed by atoms with Crippen molar-refractivity contribution >= 4 is 17.8 Å². The fourth-order valence-corrected chi connectivity index (χ4v) is 4.70. The third-order valence-electron chi connectivity index (χ3n) is 6.40. The van der Waals surface area contributed by atoms with Crippen LogP contribution in [0.1, 0.15) is 63.4 Å². The van der Waals surface area contributed by atoms with Crippen molar-refractivity contribution in [2.45, 2.75) is 68.9 Å². The number of nitrogens with one attached hydrogen (secondary N) is 2. The standard InChI is InChI=1S/C21H27N3O3/c25-17(22-20(13-7-14-20)16-8-2-1-3-9-16)10-6-15-24-18(26)21(23-19(24)27)11-4-5-12-21/h1-3,8-9H,4-7,10-15H2,(H,22,25)(H,23,27). The second kappa shape index (κ2) is 6.98. The predicted octanol–water partition coefficient (Wildman–Crippen LogP) is 2.83. The molecule has 3 aliphatic rings. The van der Waals surface area contributed by atoms with E-state index in [1.165, 1.54) is 4.90 Å². The monoisotopic (exact) mass is 369 g/mol. The number of benzene rings is 1. The third-order valence-corrected chi connectivity index (χ3v) is 6.40. The molecule has 4 rings (SSSR count). The van der Waals surface area contributed by atoms with Crippen LogP contribution in [0.5, 0.6) is 0 Å². The van der Waals surface area contributed by atoms with E-state index in [1.54, 1.807) is 0 Å². The van der Waals surface area contributed by atoms with Crippen LogP contribution in [-0.4, -0.2) is 34.8 Å². The summed E-state index contributed by atoms with van der Waals surface area (Å²) >= 11 is 0. The van der Waals surface area contributed by atoms with Gasteiger partial charge in [0.05, 0.1) is 5.54 Å². The molecule has 2 N–H and O–H groups in total. The molecule has 0 radical (unpaired) electrons. The molecule has 1 spiro atoms. The Bertz CT molecular complexity index is 736. The predicted molar refractivity (Wildman–Crippen MR) is 101 cm³/mol. The van der Waals surface area contributed by atoms with Gasteiger partial charge in [-0.1, -0.05) is 43.2 Å². The first-order valence-electron chi connectivity index (χ1n) is 10.1. The number of carbonyl (C=O) groups is 3. The highest BCUT2D eigenvalue weighted by molar-refractivity contribution is 6.07. The average Bonchev–Trinajstić information content (AvgIpc) is 3.19. The maximum Gasteiger partial charge on any atom is 0.325 e. The number of rotatable bonds is 6. The van der Waals surface area contributed by atoms with Gasteiger partial charge in [-0.25, -0.2) is 4.79 Å². The molecule has 0 atom stereocenters. The molecule has 1 aliphatic heterocycles. The quantitative estimate of drug-likeness (QED) is 0.757. The molecule has 1 aromatic rings. The molecule has 0 aromatic heterocycles. The molecular weight excluding hydrogens is 342 g/mol. The first-order chi connectivity index (χ1) is 13.0. The lowest BCUT2D eigenvalue weighted by atomic mass is 9.71. The molecule has 1 saturated heterocycles. The first kappa shape index (κ1) is 18.0. The molecule has 2 saturated carbocycles. The highest BCUT2D eigenvalue weighted by Gasteiger charge is 2.52. The summed E-state index contributed by atoms with van der Waals surface area (Å²) in [5, 5.41) is 6.08. The van der Waals surface area contributed by atoms with Crippen LogP contribution >= 0.6 is 0 Å². The van der Waals surface area contributed by atoms with Gasteiger partial charge in [-0.15, -0.1) is 0 Å². The van der Waals surface area contributed by atoms with Gasteiger partial charge in [0, 0.05) is 13.0 Å². The van der Waals surface area contributed by atoms with Crippen molar-refractivity contribution in [3.05, 3.63) is 35.9 Å². The molecule has 27 heavy (non-hydrogen) atoms. The van der Waals surface area contributed by atoms with Crippen molar-refractivity contribution in [2.75, 3.05) is 6.54 Å². The van der Waals surface area contributed by atoms with E-state index in [2.05, 4.69) is 22.8 Å². The molecule has 3 fully saturated rings. The van der Waals surface area contributed by atoms with Gasteiger partial charge in [-0.3, -0.25) is 14.5 Å². The SMILES string of the molecule is O=C(CCCN1C(=O)NC2(CCCC2)C1=O)NC1(c2ccccc2)CCC1. The molecule has 6 nitrogen and oxygen atoms in total. The third kappa shape index (κ3) is 3.22. The zero-order chi connectivity index (χ0) is 18.9. The molecule has 2 aliphatic carbocycles. The molecule has 144 valence electrons. The molecule has 1 heterocycles. The van der Waals surface area contributed by atoms with Crippen molar-refractivity contribution in [3.63, 3.8) is 0 Å². The van der Waals surface area contributed by atoms with E-state index >= 15 is 0 Å². The van der Waals surface area contributed by atoms with Crippen LogP contribution in [0.25, 0.3) is 0 Å². The van der Waals surface area contributed by atoms with E-state index in [4.69, 9.17) is 0 Å². The molecule has 6 heteroatoms. The first-order valence-corrected chi connectivity index (χ1v) is 10.1. The second-order valence-corrected chi connectivity index (χ2v) is 8.13. The van der Waals surface area contributed by atoms with Gasteiger partial charge in [-0.05, 0) is 44.1 Å². The van der Waals surface area contributed by atoms with E-state index in [9.17, 15) is 14.4 Å². The van der Waals surface area contributed by atoms with Crippen LogP contribution in [0.3, 0.4) is 0 Å². The van der Waals surface area contributed by atoms with Gasteiger partial charge in [0.25, 0.3) is 5.91 Å². The minimum atomic E-state index is -0.664. The number of nitrogens with zero attached hydrogens (tertiary/aromatic N) is 1. The normalized spacial score (nSPS) is 22.6. The van der Waals surface area contributed by atoms with Gasteiger partial charge < -0.3 is 10.6 Å². The van der Waals surface area contributed by atoms with Gasteiger partial charge in [0.2, 0.25) is 5.91 Å². The van der Waals surface area contributed by atoms with Gasteiger partial charge >= 0.3 is 6.03 Å². The lowest BCUT2D eigenvalue weighted by Gasteiger charge is -2.43. The highest BCUT2D eigenvalue weighted by Crippen LogP contribution is 2.41. The Morgan fingerprint density at radius 2 is 1.74 bits per heavy atom. The number of urea groups is 1. The Kier molecular flexibility index (Phi) is 4.66. The molecule has 1 aromatic carbocycles. The number of hydrogen-bond donors (Lipinski definition) is 2. The fraction of sp³-hybridized carbons (Fsp3) is 0.571. The van der Waals surface area contributed by atoms with E-state index in [1.807, 2.05) is 18.2 Å². The topological polar surface area (TPSA) is 78.5 Å². The fourth-order valence-electron chi connectivity index (χ4n) is 4.70. The summed E-state index contributed by atoms with van der Waals surface area (Å²) in [5.41, 5.74) is 0.247. The average molecular weight is 369 g/mol. The Morgan fingerprint density at radius 3 is 2.37 bits per heavy atom. The number of imide groups is 1. The summed E-state index contributed by atoms with van der Waals surface area (Å²) in [6, 6.07) is 9.80. The number of hydrogen-bond acceptors (Lipinski definition) is 3. The summed E-state index contributed by atoms with van der Waals surface area (Å²) in [7, 11) is 0. The lowest BCUT2D eigenvalue weighted by molar-refractivity contribution is -0.131. The van der Waals surface area contributed by atoms with Crippen LogP contribution in [0, 0.1) is 0 Å². The molecule has 4 amide bonds. The van der Waals surface area contributed by atoms with Crippen molar-refractivity contribution in [3.8, 4) is 0 Å². The number of amides is 4. The van der Waals surface area contributed by atoms with Crippen LogP contribution in [0.15, 0.2) is 30.3 Å². The molecule has 0 bridgehead atoms. The van der Waals surface area contributed by atoms with Gasteiger partial charge in [0.15, 0.2) is 0 Å². The zero-order valence-electron chi connectivity index (χ0n) is 15.6. The second-order valence-electron chi connectivity index (χ2n) is 8.13. The van der Waals surface area contributed by atoms with Crippen molar-refractivity contribution < 1.29 is 14.4 Å². The number of carbonyl (C=O) groups excluding carboxylic acids is 3. The Hall–Kier alpha value is -2.37. The highest BCUT2D eigenvalue weighted by atomic mass is 16.2. The molecular formula is C21H27N3O3. The van der Waals surface area contributed by atoms with Gasteiger partial charge in [-0.2, -0.15) is 0 Å². The smallest absolute Gasteiger partial charge is 0.325 e. The Labute approximate surface area is 159 Å². The minimum Gasteiger partial charge on any atom is -0.347 e. The van der Waals surface area contributed by atoms with Crippen LogP contribution in [0.2, 0.25) is 0 Å². The molecule has 0 unspecified atom stereocenters. The largest absolute Gasteiger partial charge is 0.347 e. The van der Waals surface area contributed by atoms with E-state index in [0.29, 0.717) is 19.4 Å². The van der Waals surface area contributed by atoms with Crippen molar-refractivity contribution in [1.82, 2.24) is 15.5 Å². The van der Waals surface area contributed by atoms with Crippen molar-refractivity contribution in [2.24, 2.45) is 0 Å². The van der Waals surface area contributed by atoms with Gasteiger partial charge in [0.1, 0.15) is 5.54 Å². The van der Waals surface area contributed by atoms with E-state index in [-0.39, 0.29) is 23.4 Å². The van der Waals surface area contributed by atoms with Crippen molar-refractivity contribution in [1.29, 1.82) is 0 Å².